The van der Waals surface area contributed by atoms with Crippen LogP contribution in [0, 0.1) is 0 Å². The van der Waals surface area contributed by atoms with Crippen LogP contribution in [0.1, 0.15) is 28.4 Å². The van der Waals surface area contributed by atoms with Gasteiger partial charge in [0.2, 0.25) is 0 Å². The topological polar surface area (TPSA) is 51.2 Å². The maximum absolute atomic E-state index is 12.5. The third-order valence-corrected chi connectivity index (χ3v) is 4.65. The van der Waals surface area contributed by atoms with Gasteiger partial charge in [0.1, 0.15) is 5.75 Å². The molecule has 0 saturated carbocycles. The van der Waals surface area contributed by atoms with Gasteiger partial charge in [-0.1, -0.05) is 18.2 Å². The first-order chi connectivity index (χ1) is 10.8. The van der Waals surface area contributed by atoms with Crippen molar-refractivity contribution in [3.05, 3.63) is 59.1 Å². The lowest BCUT2D eigenvalue weighted by Gasteiger charge is -2.26. The average molecular weight is 310 g/mol. The quantitative estimate of drug-likeness (QED) is 0.787. The molecule has 0 saturated heterocycles. The van der Waals surface area contributed by atoms with Crippen LogP contribution in [0.5, 0.6) is 5.75 Å². The molecule has 1 amide bonds. The number of aromatic nitrogens is 1. The molecule has 1 aliphatic heterocycles. The molecule has 1 unspecified atom stereocenters. The van der Waals surface area contributed by atoms with Gasteiger partial charge in [-0.15, -0.1) is 11.3 Å². The second kappa shape index (κ2) is 5.42. The number of fused-ring (bicyclic) bond motifs is 2. The number of nitrogens with one attached hydrogen (secondary N) is 1. The molecule has 1 aliphatic rings. The third kappa shape index (κ3) is 2.33. The number of amides is 1. The molecule has 2 heterocycles. The zero-order valence-corrected chi connectivity index (χ0v) is 12.6. The Bertz CT molecular complexity index is 843. The van der Waals surface area contributed by atoms with Crippen molar-refractivity contribution >= 4 is 27.5 Å². The van der Waals surface area contributed by atoms with Crippen molar-refractivity contribution < 1.29 is 9.53 Å². The molecule has 3 aromatic rings. The normalized spacial score (nSPS) is 16.8. The van der Waals surface area contributed by atoms with Crippen LogP contribution in [0.4, 0.5) is 0 Å². The number of thiazole rings is 1. The molecule has 0 bridgehead atoms. The van der Waals surface area contributed by atoms with Crippen LogP contribution >= 0.6 is 11.3 Å². The molecule has 1 aromatic heterocycles. The smallest absolute Gasteiger partial charge is 0.251 e. The molecule has 110 valence electrons. The van der Waals surface area contributed by atoms with Crippen molar-refractivity contribution in [2.75, 3.05) is 6.61 Å². The summed E-state index contributed by atoms with van der Waals surface area (Å²) in [6.45, 7) is 0.621. The van der Waals surface area contributed by atoms with Crippen molar-refractivity contribution in [3.63, 3.8) is 0 Å². The summed E-state index contributed by atoms with van der Waals surface area (Å²) in [5, 5.41) is 3.11. The van der Waals surface area contributed by atoms with Crippen molar-refractivity contribution in [1.82, 2.24) is 10.3 Å². The maximum atomic E-state index is 12.5. The minimum atomic E-state index is -0.0583. The Morgan fingerprint density at radius 1 is 1.27 bits per heavy atom. The fraction of sp³-hybridized carbons (Fsp3) is 0.176. The van der Waals surface area contributed by atoms with E-state index in [2.05, 4.69) is 10.3 Å². The summed E-state index contributed by atoms with van der Waals surface area (Å²) in [6, 6.07) is 13.5. The van der Waals surface area contributed by atoms with Gasteiger partial charge in [-0.3, -0.25) is 4.79 Å². The van der Waals surface area contributed by atoms with Crippen molar-refractivity contribution in [3.8, 4) is 5.75 Å². The van der Waals surface area contributed by atoms with Gasteiger partial charge in [0.05, 0.1) is 28.4 Å². The number of ether oxygens (including phenoxy) is 1. The molecule has 5 heteroatoms. The second-order valence-corrected chi connectivity index (χ2v) is 6.12. The lowest BCUT2D eigenvalue weighted by molar-refractivity contribution is 0.0925. The summed E-state index contributed by atoms with van der Waals surface area (Å²) in [6.07, 6.45) is 0.783. The lowest BCUT2D eigenvalue weighted by atomic mass is 10.00. The summed E-state index contributed by atoms with van der Waals surface area (Å²) in [7, 11) is 0. The van der Waals surface area contributed by atoms with Crippen LogP contribution in [0.25, 0.3) is 10.2 Å². The number of para-hydroxylation sites is 1. The van der Waals surface area contributed by atoms with E-state index in [4.69, 9.17) is 4.74 Å². The minimum Gasteiger partial charge on any atom is -0.493 e. The van der Waals surface area contributed by atoms with E-state index >= 15 is 0 Å². The first-order valence-electron chi connectivity index (χ1n) is 7.17. The maximum Gasteiger partial charge on any atom is 0.251 e. The van der Waals surface area contributed by atoms with E-state index in [1.54, 1.807) is 16.8 Å². The van der Waals surface area contributed by atoms with Gasteiger partial charge in [0.25, 0.3) is 5.91 Å². The first kappa shape index (κ1) is 13.3. The van der Waals surface area contributed by atoms with Gasteiger partial charge < -0.3 is 10.1 Å². The van der Waals surface area contributed by atoms with E-state index in [-0.39, 0.29) is 11.9 Å². The molecular formula is C17H14N2O2S. The second-order valence-electron chi connectivity index (χ2n) is 5.24. The molecule has 2 aromatic carbocycles. The van der Waals surface area contributed by atoms with Crippen molar-refractivity contribution in [1.29, 1.82) is 0 Å². The van der Waals surface area contributed by atoms with E-state index < -0.39 is 0 Å². The predicted molar refractivity (Wildman–Crippen MR) is 86.4 cm³/mol. The van der Waals surface area contributed by atoms with Crippen LogP contribution in [-0.2, 0) is 0 Å². The molecule has 22 heavy (non-hydrogen) atoms. The number of carbonyl (C=O) groups is 1. The zero-order valence-electron chi connectivity index (χ0n) is 11.8. The highest BCUT2D eigenvalue weighted by Crippen LogP contribution is 2.31. The number of hydrogen-bond donors (Lipinski definition) is 1. The van der Waals surface area contributed by atoms with E-state index in [1.165, 1.54) is 0 Å². The molecule has 0 aliphatic carbocycles. The monoisotopic (exact) mass is 310 g/mol. The van der Waals surface area contributed by atoms with E-state index in [0.717, 1.165) is 28.0 Å². The molecular weight excluding hydrogens is 296 g/mol. The Morgan fingerprint density at radius 2 is 2.18 bits per heavy atom. The lowest BCUT2D eigenvalue weighted by Crippen LogP contribution is -2.32. The largest absolute Gasteiger partial charge is 0.493 e. The Labute approximate surface area is 131 Å². The first-order valence-corrected chi connectivity index (χ1v) is 8.05. The highest BCUT2D eigenvalue weighted by atomic mass is 32.1. The van der Waals surface area contributed by atoms with Crippen molar-refractivity contribution in [2.45, 2.75) is 12.5 Å². The Kier molecular flexibility index (Phi) is 3.27. The fourth-order valence-corrected chi connectivity index (χ4v) is 3.45. The van der Waals surface area contributed by atoms with Gasteiger partial charge in [0, 0.05) is 17.5 Å². The number of hydrogen-bond acceptors (Lipinski definition) is 4. The molecule has 0 radical (unpaired) electrons. The van der Waals surface area contributed by atoms with Crippen LogP contribution in [-0.4, -0.2) is 17.5 Å². The molecule has 4 rings (SSSR count). The number of benzene rings is 2. The fourth-order valence-electron chi connectivity index (χ4n) is 2.73. The number of nitrogens with zero attached hydrogens (tertiary/aromatic N) is 1. The van der Waals surface area contributed by atoms with E-state index in [1.807, 2.05) is 42.5 Å². The van der Waals surface area contributed by atoms with Crippen LogP contribution in [0.2, 0.25) is 0 Å². The Hall–Kier alpha value is -2.40. The van der Waals surface area contributed by atoms with Crippen LogP contribution < -0.4 is 10.1 Å². The Morgan fingerprint density at radius 3 is 3.14 bits per heavy atom. The molecule has 1 atom stereocenters. The summed E-state index contributed by atoms with van der Waals surface area (Å²) in [4.78, 5) is 16.8. The standard InChI is InChI=1S/C17H14N2O2S/c20-17(11-5-6-14-16(9-11)22-10-18-14)19-13-7-8-21-15-4-2-1-3-12(13)15/h1-6,9-10,13H,7-8H2,(H,19,20). The molecule has 0 spiro atoms. The summed E-state index contributed by atoms with van der Waals surface area (Å²) >= 11 is 1.54. The van der Waals surface area contributed by atoms with Crippen molar-refractivity contribution in [2.24, 2.45) is 0 Å². The highest BCUT2D eigenvalue weighted by molar-refractivity contribution is 7.16. The molecule has 4 nitrogen and oxygen atoms in total. The minimum absolute atomic E-state index is 0.00499. The molecule has 0 fully saturated rings. The number of carbonyl (C=O) groups excluding carboxylic acids is 1. The van der Waals surface area contributed by atoms with Crippen LogP contribution in [0.15, 0.2) is 48.0 Å². The summed E-state index contributed by atoms with van der Waals surface area (Å²) in [5.74, 6) is 0.800. The van der Waals surface area contributed by atoms with Gasteiger partial charge in [-0.25, -0.2) is 4.98 Å². The van der Waals surface area contributed by atoms with Gasteiger partial charge >= 0.3 is 0 Å². The van der Waals surface area contributed by atoms with E-state index in [9.17, 15) is 4.79 Å². The number of rotatable bonds is 2. The molecule has 1 N–H and O–H groups in total. The third-order valence-electron chi connectivity index (χ3n) is 3.86. The van der Waals surface area contributed by atoms with Gasteiger partial charge in [-0.2, -0.15) is 0 Å². The highest BCUT2D eigenvalue weighted by Gasteiger charge is 2.23. The van der Waals surface area contributed by atoms with E-state index in [0.29, 0.717) is 12.2 Å². The summed E-state index contributed by atoms with van der Waals surface area (Å²) < 4.78 is 6.66. The predicted octanol–water partition coefficient (Wildman–Crippen LogP) is 3.55. The van der Waals surface area contributed by atoms with Gasteiger partial charge in [0.15, 0.2) is 0 Å². The Balaban J connectivity index is 1.59. The average Bonchev–Trinajstić information content (AvgIpc) is 3.02. The van der Waals surface area contributed by atoms with Gasteiger partial charge in [-0.05, 0) is 24.3 Å². The SMILES string of the molecule is O=C(NC1CCOc2ccccc21)c1ccc2ncsc2c1. The summed E-state index contributed by atoms with van der Waals surface area (Å²) in [5.41, 5.74) is 4.43. The van der Waals surface area contributed by atoms with Crippen LogP contribution in [0.3, 0.4) is 0 Å². The zero-order chi connectivity index (χ0) is 14.9.